The van der Waals surface area contributed by atoms with Gasteiger partial charge in [0.2, 0.25) is 0 Å². The molecule has 0 N–H and O–H groups in total. The van der Waals surface area contributed by atoms with Crippen LogP contribution in [0.25, 0.3) is 22.6 Å². The molecular formula is C22H21N3O. The Hall–Kier alpha value is -3.10. The predicted molar refractivity (Wildman–Crippen MR) is 106 cm³/mol. The van der Waals surface area contributed by atoms with Gasteiger partial charge in [-0.25, -0.2) is 0 Å². The number of aryl methyl sites for hydroxylation is 1. The molecule has 0 heterocycles. The number of allylic oxidation sites excluding steroid dienone is 2. The molecule has 0 spiro atoms. The van der Waals surface area contributed by atoms with Gasteiger partial charge < -0.3 is 0 Å². The molecule has 0 amide bonds. The van der Waals surface area contributed by atoms with Gasteiger partial charge in [0.1, 0.15) is 0 Å². The van der Waals surface area contributed by atoms with Crippen LogP contribution in [0.15, 0.2) is 64.8 Å². The maximum atomic E-state index is 12.9. The molecule has 1 saturated carbocycles. The Morgan fingerprint density at radius 1 is 0.962 bits per heavy atom. The Balaban J connectivity index is 1.88. The van der Waals surface area contributed by atoms with Gasteiger partial charge >= 0.3 is 0 Å². The second-order valence-corrected chi connectivity index (χ2v) is 6.87. The number of rotatable bonds is 3. The number of Topliss-reactive ketones (excluding diaryl/α,β-unsaturated/α-hetero) is 1. The van der Waals surface area contributed by atoms with E-state index in [-0.39, 0.29) is 5.78 Å². The predicted octanol–water partition coefficient (Wildman–Crippen LogP) is 6.40. The van der Waals surface area contributed by atoms with E-state index in [9.17, 15) is 4.79 Å². The van der Waals surface area contributed by atoms with Crippen molar-refractivity contribution in [3.05, 3.63) is 86.8 Å². The first kappa shape index (κ1) is 17.7. The fraction of sp³-hybridized carbons (Fsp3) is 0.227. The molecule has 0 aromatic heterocycles. The lowest BCUT2D eigenvalue weighted by Crippen LogP contribution is -2.18. The average Bonchev–Trinajstić information content (AvgIpc) is 2.63. The Kier molecular flexibility index (Phi) is 5.35. The summed E-state index contributed by atoms with van der Waals surface area (Å²) >= 11 is 0. The Morgan fingerprint density at radius 2 is 1.46 bits per heavy atom. The summed E-state index contributed by atoms with van der Waals surface area (Å²) in [5, 5.41) is 3.57. The van der Waals surface area contributed by atoms with Gasteiger partial charge in [0.25, 0.3) is 0 Å². The van der Waals surface area contributed by atoms with E-state index in [1.54, 1.807) is 12.1 Å². The quantitative estimate of drug-likeness (QED) is 0.275. The Labute approximate surface area is 153 Å². The molecule has 4 nitrogen and oxygen atoms in total. The second kappa shape index (κ2) is 7.85. The molecule has 1 unspecified atom stereocenters. The van der Waals surface area contributed by atoms with Gasteiger partial charge in [0.15, 0.2) is 5.78 Å². The third-order valence-corrected chi connectivity index (χ3v) is 4.53. The van der Waals surface area contributed by atoms with Crippen LogP contribution in [0.2, 0.25) is 0 Å². The highest BCUT2D eigenvalue weighted by Crippen LogP contribution is 2.32. The Morgan fingerprint density at radius 3 is 1.96 bits per heavy atom. The summed E-state index contributed by atoms with van der Waals surface area (Å²) in [5.41, 5.74) is 13.9. The molecule has 1 aliphatic rings. The minimum atomic E-state index is 0.128. The van der Waals surface area contributed by atoms with Crippen molar-refractivity contribution in [2.45, 2.75) is 26.7 Å². The smallest absolute Gasteiger partial charge is 0.185 e. The van der Waals surface area contributed by atoms with Crippen molar-refractivity contribution in [1.82, 2.24) is 0 Å². The van der Waals surface area contributed by atoms with Crippen LogP contribution in [0.1, 0.15) is 36.5 Å². The lowest BCUT2D eigenvalue weighted by atomic mass is 9.81. The molecule has 2 aromatic carbocycles. The summed E-state index contributed by atoms with van der Waals surface area (Å²) < 4.78 is 0. The van der Waals surface area contributed by atoms with Gasteiger partial charge in [-0.2, -0.15) is 0 Å². The van der Waals surface area contributed by atoms with Crippen LogP contribution >= 0.6 is 0 Å². The van der Waals surface area contributed by atoms with Crippen molar-refractivity contribution in [2.24, 2.45) is 11.0 Å². The Bertz CT molecular complexity index is 915. The molecule has 4 heteroatoms. The summed E-state index contributed by atoms with van der Waals surface area (Å²) in [6, 6.07) is 15.5. The van der Waals surface area contributed by atoms with Crippen molar-refractivity contribution >= 4 is 23.6 Å². The van der Waals surface area contributed by atoms with Crippen LogP contribution in [0.3, 0.4) is 0 Å². The van der Waals surface area contributed by atoms with Crippen LogP contribution in [0.5, 0.6) is 0 Å². The van der Waals surface area contributed by atoms with Crippen molar-refractivity contribution in [3.8, 4) is 0 Å². The summed E-state index contributed by atoms with van der Waals surface area (Å²) in [6.45, 7) is 4.23. The molecular weight excluding hydrogens is 322 g/mol. The molecule has 0 bridgehead atoms. The maximum absolute atomic E-state index is 12.9. The lowest BCUT2D eigenvalue weighted by molar-refractivity contribution is -0.113. The highest BCUT2D eigenvalue weighted by atomic mass is 16.1. The summed E-state index contributed by atoms with van der Waals surface area (Å²) in [7, 11) is 0. The van der Waals surface area contributed by atoms with Gasteiger partial charge in [-0.15, -0.1) is 0 Å². The molecule has 26 heavy (non-hydrogen) atoms. The standard InChI is InChI=1S/C22H21N3O/c1-15-3-5-17(6-4-15)13-19-11-16(2)12-20(22(19)26)14-18-7-9-21(10-8-18)24-25-23/h3-10,13-14,16H,11-12H2,1-2H3. The number of ketones is 1. The average molecular weight is 343 g/mol. The zero-order valence-electron chi connectivity index (χ0n) is 15.0. The fourth-order valence-corrected chi connectivity index (χ4v) is 3.22. The first-order valence-electron chi connectivity index (χ1n) is 8.73. The van der Waals surface area contributed by atoms with E-state index >= 15 is 0 Å². The van der Waals surface area contributed by atoms with Crippen LogP contribution in [0, 0.1) is 12.8 Å². The van der Waals surface area contributed by atoms with Crippen molar-refractivity contribution in [1.29, 1.82) is 0 Å². The highest BCUT2D eigenvalue weighted by Gasteiger charge is 2.25. The maximum Gasteiger partial charge on any atom is 0.185 e. The van der Waals surface area contributed by atoms with E-state index in [0.29, 0.717) is 11.6 Å². The van der Waals surface area contributed by atoms with Gasteiger partial charge in [-0.05, 0) is 54.5 Å². The second-order valence-electron chi connectivity index (χ2n) is 6.87. The first-order chi connectivity index (χ1) is 12.5. The van der Waals surface area contributed by atoms with Crippen LogP contribution < -0.4 is 0 Å². The minimum Gasteiger partial charge on any atom is -0.289 e. The molecule has 1 fully saturated rings. The number of hydrogen-bond acceptors (Lipinski definition) is 2. The van der Waals surface area contributed by atoms with E-state index < -0.39 is 0 Å². The SMILES string of the molecule is Cc1ccc(C=C2CC(C)CC(=Cc3ccc(N=[N+]=[N-])cc3)C2=O)cc1. The zero-order valence-corrected chi connectivity index (χ0v) is 15.0. The van der Waals surface area contributed by atoms with Crippen LogP contribution in [-0.4, -0.2) is 5.78 Å². The molecule has 1 atom stereocenters. The molecule has 3 rings (SSSR count). The van der Waals surface area contributed by atoms with Gasteiger partial charge in [-0.1, -0.05) is 66.1 Å². The number of hydrogen-bond donors (Lipinski definition) is 0. The molecule has 0 saturated heterocycles. The normalized spacial score (nSPS) is 20.2. The minimum absolute atomic E-state index is 0.128. The molecule has 1 aliphatic carbocycles. The van der Waals surface area contributed by atoms with E-state index in [2.05, 4.69) is 36.0 Å². The van der Waals surface area contributed by atoms with Crippen LogP contribution in [-0.2, 0) is 4.79 Å². The van der Waals surface area contributed by atoms with E-state index in [4.69, 9.17) is 5.53 Å². The van der Waals surface area contributed by atoms with E-state index in [0.717, 1.165) is 35.1 Å². The fourth-order valence-electron chi connectivity index (χ4n) is 3.22. The molecule has 2 aromatic rings. The third-order valence-electron chi connectivity index (χ3n) is 4.53. The highest BCUT2D eigenvalue weighted by molar-refractivity contribution is 6.14. The number of nitrogens with zero attached hydrogens (tertiary/aromatic N) is 3. The van der Waals surface area contributed by atoms with E-state index in [1.807, 2.05) is 36.4 Å². The summed E-state index contributed by atoms with van der Waals surface area (Å²) in [6.07, 6.45) is 5.54. The largest absolute Gasteiger partial charge is 0.289 e. The van der Waals surface area contributed by atoms with Gasteiger partial charge in [0, 0.05) is 21.7 Å². The zero-order chi connectivity index (χ0) is 18.5. The van der Waals surface area contributed by atoms with E-state index in [1.165, 1.54) is 5.56 Å². The monoisotopic (exact) mass is 343 g/mol. The van der Waals surface area contributed by atoms with Gasteiger partial charge in [-0.3, -0.25) is 4.79 Å². The van der Waals surface area contributed by atoms with Crippen molar-refractivity contribution < 1.29 is 4.79 Å². The lowest BCUT2D eigenvalue weighted by Gasteiger charge is -2.22. The topological polar surface area (TPSA) is 65.8 Å². The van der Waals surface area contributed by atoms with Crippen molar-refractivity contribution in [2.75, 3.05) is 0 Å². The first-order valence-corrected chi connectivity index (χ1v) is 8.73. The molecule has 0 radical (unpaired) electrons. The number of carbonyl (C=O) groups excluding carboxylic acids is 1. The number of azide groups is 1. The van der Waals surface area contributed by atoms with Gasteiger partial charge in [0.05, 0.1) is 0 Å². The number of carbonyl (C=O) groups is 1. The molecule has 130 valence electrons. The third kappa shape index (κ3) is 4.29. The van der Waals surface area contributed by atoms with Crippen molar-refractivity contribution in [3.63, 3.8) is 0 Å². The summed E-state index contributed by atoms with van der Waals surface area (Å²) in [4.78, 5) is 15.7. The van der Waals surface area contributed by atoms with Crippen LogP contribution in [0.4, 0.5) is 5.69 Å². The molecule has 0 aliphatic heterocycles. The number of benzene rings is 2. The summed E-state index contributed by atoms with van der Waals surface area (Å²) in [5.74, 6) is 0.556.